The number of halogens is 1. The van der Waals surface area contributed by atoms with Gasteiger partial charge in [-0.1, -0.05) is 29.8 Å². The molecule has 0 bridgehead atoms. The fourth-order valence-corrected chi connectivity index (χ4v) is 6.24. The summed E-state index contributed by atoms with van der Waals surface area (Å²) in [4.78, 5) is 45.7. The van der Waals surface area contributed by atoms with Gasteiger partial charge in [-0.05, 0) is 42.6 Å². The summed E-state index contributed by atoms with van der Waals surface area (Å²) in [7, 11) is -2.61. The minimum atomic E-state index is -3.82. The van der Waals surface area contributed by atoms with Gasteiger partial charge in [0.15, 0.2) is 9.84 Å². The fraction of sp³-hybridized carbons (Fsp3) is 0.333. The number of methoxy groups -OCH3 is 1. The highest BCUT2D eigenvalue weighted by Gasteiger charge is 2.36. The van der Waals surface area contributed by atoms with Gasteiger partial charge in [-0.3, -0.25) is 19.4 Å². The van der Waals surface area contributed by atoms with Crippen LogP contribution in [0.1, 0.15) is 12.1 Å². The molecule has 0 radical (unpaired) electrons. The molecule has 12 heteroatoms. The zero-order valence-corrected chi connectivity index (χ0v) is 23.2. The summed E-state index contributed by atoms with van der Waals surface area (Å²) in [6, 6.07) is 12.6. The van der Waals surface area contributed by atoms with Crippen LogP contribution >= 0.6 is 11.6 Å². The molecule has 0 saturated carbocycles. The van der Waals surface area contributed by atoms with Gasteiger partial charge in [0.2, 0.25) is 11.8 Å². The lowest BCUT2D eigenvalue weighted by molar-refractivity contribution is -0.143. The summed E-state index contributed by atoms with van der Waals surface area (Å²) in [6.07, 6.45) is 1.36. The van der Waals surface area contributed by atoms with E-state index < -0.39 is 39.4 Å². The van der Waals surface area contributed by atoms with Crippen LogP contribution in [-0.4, -0.2) is 81.2 Å². The summed E-state index contributed by atoms with van der Waals surface area (Å²) in [5.74, 6) is -2.04. The first kappa shape index (κ1) is 28.3. The fourth-order valence-electron chi connectivity index (χ4n) is 4.59. The third kappa shape index (κ3) is 6.66. The molecule has 39 heavy (non-hydrogen) atoms. The molecule has 2 amide bonds. The van der Waals surface area contributed by atoms with E-state index in [4.69, 9.17) is 11.6 Å². The van der Waals surface area contributed by atoms with Crippen molar-refractivity contribution in [2.75, 3.05) is 43.9 Å². The molecule has 1 aliphatic heterocycles. The van der Waals surface area contributed by atoms with Crippen molar-refractivity contribution in [3.8, 4) is 0 Å². The first-order valence-corrected chi connectivity index (χ1v) is 14.3. The number of rotatable bonds is 8. The van der Waals surface area contributed by atoms with Gasteiger partial charge in [0, 0.05) is 54.0 Å². The average molecular weight is 573 g/mol. The standard InChI is InChI=1S/C27H29ClN4O6S/c1-18-14-21(8-10-29-18)31-11-12-32(23(17-31)27(35)30-16-26(34)38-2)25(33)9-13-39(36,37)24-5-3-4-19-15-20(28)6-7-22(19)24/h3-8,10,14-15,23H,9,11-13,16-17H2,1-2H3,(H,30,35). The number of anilines is 1. The van der Waals surface area contributed by atoms with Crippen LogP contribution in [0, 0.1) is 6.92 Å². The zero-order valence-electron chi connectivity index (χ0n) is 21.6. The summed E-state index contributed by atoms with van der Waals surface area (Å²) >= 11 is 6.05. The highest BCUT2D eigenvalue weighted by atomic mass is 35.5. The number of carbonyl (C=O) groups excluding carboxylic acids is 3. The summed E-state index contributed by atoms with van der Waals surface area (Å²) in [6.45, 7) is 2.31. The Bertz CT molecular complexity index is 1510. The summed E-state index contributed by atoms with van der Waals surface area (Å²) in [5.41, 5.74) is 1.65. The molecule has 4 rings (SSSR count). The third-order valence-electron chi connectivity index (χ3n) is 6.61. The van der Waals surface area contributed by atoms with E-state index in [1.165, 1.54) is 18.1 Å². The van der Waals surface area contributed by atoms with Crippen LogP contribution in [0.15, 0.2) is 59.6 Å². The highest BCUT2D eigenvalue weighted by Crippen LogP contribution is 2.27. The van der Waals surface area contributed by atoms with E-state index in [1.807, 2.05) is 24.0 Å². The molecule has 1 N–H and O–H groups in total. The Morgan fingerprint density at radius 2 is 1.92 bits per heavy atom. The number of fused-ring (bicyclic) bond motifs is 1. The van der Waals surface area contributed by atoms with Crippen molar-refractivity contribution in [3.05, 3.63) is 65.4 Å². The van der Waals surface area contributed by atoms with Gasteiger partial charge in [-0.25, -0.2) is 8.42 Å². The Labute approximate surface area is 231 Å². The second-order valence-corrected chi connectivity index (χ2v) is 11.7. The number of esters is 1. The molecule has 2 heterocycles. The van der Waals surface area contributed by atoms with Crippen molar-refractivity contribution >= 4 is 55.7 Å². The van der Waals surface area contributed by atoms with Crippen LogP contribution < -0.4 is 10.2 Å². The average Bonchev–Trinajstić information content (AvgIpc) is 2.93. The molecule has 2 aromatic carbocycles. The Hall–Kier alpha value is -3.70. The van der Waals surface area contributed by atoms with E-state index in [2.05, 4.69) is 15.0 Å². The maximum absolute atomic E-state index is 13.3. The second-order valence-electron chi connectivity index (χ2n) is 9.19. The van der Waals surface area contributed by atoms with Gasteiger partial charge in [-0.2, -0.15) is 0 Å². The minimum Gasteiger partial charge on any atom is -0.468 e. The number of nitrogens with one attached hydrogen (secondary N) is 1. The van der Waals surface area contributed by atoms with Crippen molar-refractivity contribution < 1.29 is 27.5 Å². The normalized spacial score (nSPS) is 15.7. The molecule has 1 aromatic heterocycles. The SMILES string of the molecule is COC(=O)CNC(=O)C1CN(c2ccnc(C)c2)CCN1C(=O)CCS(=O)(=O)c1cccc2cc(Cl)ccc12. The number of pyridine rings is 1. The van der Waals surface area contributed by atoms with E-state index in [0.717, 1.165) is 11.4 Å². The number of aryl methyl sites for hydroxylation is 1. The lowest BCUT2D eigenvalue weighted by Crippen LogP contribution is -2.61. The Kier molecular flexibility index (Phi) is 8.71. The second kappa shape index (κ2) is 12.0. The maximum atomic E-state index is 13.3. The number of hydrogen-bond donors (Lipinski definition) is 1. The molecule has 1 saturated heterocycles. The van der Waals surface area contributed by atoms with Gasteiger partial charge >= 0.3 is 5.97 Å². The van der Waals surface area contributed by atoms with Crippen molar-refractivity contribution in [3.63, 3.8) is 0 Å². The van der Waals surface area contributed by atoms with Crippen molar-refractivity contribution in [2.45, 2.75) is 24.3 Å². The molecule has 1 aliphatic rings. The monoisotopic (exact) mass is 572 g/mol. The zero-order chi connectivity index (χ0) is 28.2. The number of piperazine rings is 1. The number of amides is 2. The molecular formula is C27H29ClN4O6S. The lowest BCUT2D eigenvalue weighted by Gasteiger charge is -2.41. The molecule has 10 nitrogen and oxygen atoms in total. The van der Waals surface area contributed by atoms with Gasteiger partial charge in [0.25, 0.3) is 0 Å². The van der Waals surface area contributed by atoms with Gasteiger partial charge in [0.05, 0.1) is 17.8 Å². The van der Waals surface area contributed by atoms with Gasteiger partial charge in [0.1, 0.15) is 12.6 Å². The van der Waals surface area contributed by atoms with E-state index in [0.29, 0.717) is 22.3 Å². The van der Waals surface area contributed by atoms with Gasteiger partial charge in [-0.15, -0.1) is 0 Å². The predicted octanol–water partition coefficient (Wildman–Crippen LogP) is 2.37. The van der Waals surface area contributed by atoms with Gasteiger partial charge < -0.3 is 19.9 Å². The van der Waals surface area contributed by atoms with Crippen LogP contribution in [0.25, 0.3) is 10.8 Å². The largest absolute Gasteiger partial charge is 0.468 e. The molecule has 206 valence electrons. The molecule has 1 unspecified atom stereocenters. The van der Waals surface area contributed by atoms with Crippen molar-refractivity contribution in [2.24, 2.45) is 0 Å². The molecule has 1 fully saturated rings. The minimum absolute atomic E-state index is 0.120. The number of carbonyl (C=O) groups is 3. The molecule has 3 aromatic rings. The molecule has 0 spiro atoms. The van der Waals surface area contributed by atoms with E-state index >= 15 is 0 Å². The first-order chi connectivity index (χ1) is 18.6. The number of ether oxygens (including phenoxy) is 1. The van der Waals surface area contributed by atoms with Crippen LogP contribution in [0.3, 0.4) is 0 Å². The van der Waals surface area contributed by atoms with Crippen LogP contribution in [0.4, 0.5) is 5.69 Å². The van der Waals surface area contributed by atoms with Crippen LogP contribution in [-0.2, 0) is 29.0 Å². The molecule has 1 atom stereocenters. The number of hydrogen-bond acceptors (Lipinski definition) is 8. The lowest BCUT2D eigenvalue weighted by atomic mass is 10.1. The molecule has 0 aliphatic carbocycles. The summed E-state index contributed by atoms with van der Waals surface area (Å²) in [5, 5.41) is 4.21. The maximum Gasteiger partial charge on any atom is 0.325 e. The van der Waals surface area contributed by atoms with Crippen LogP contribution in [0.5, 0.6) is 0 Å². The van der Waals surface area contributed by atoms with E-state index in [1.54, 1.807) is 36.5 Å². The van der Waals surface area contributed by atoms with Crippen LogP contribution in [0.2, 0.25) is 5.02 Å². The topological polar surface area (TPSA) is 126 Å². The summed E-state index contributed by atoms with van der Waals surface area (Å²) < 4.78 is 31.1. The highest BCUT2D eigenvalue weighted by molar-refractivity contribution is 7.91. The Morgan fingerprint density at radius 3 is 2.67 bits per heavy atom. The predicted molar refractivity (Wildman–Crippen MR) is 147 cm³/mol. The smallest absolute Gasteiger partial charge is 0.325 e. The third-order valence-corrected chi connectivity index (χ3v) is 8.61. The van der Waals surface area contributed by atoms with E-state index in [9.17, 15) is 22.8 Å². The first-order valence-electron chi connectivity index (χ1n) is 12.3. The number of nitrogens with zero attached hydrogens (tertiary/aromatic N) is 3. The number of sulfone groups is 1. The Morgan fingerprint density at radius 1 is 1.13 bits per heavy atom. The molecular weight excluding hydrogens is 544 g/mol. The quantitative estimate of drug-likeness (QED) is 0.408. The van der Waals surface area contributed by atoms with E-state index in [-0.39, 0.29) is 31.0 Å². The Balaban J connectivity index is 1.52. The van der Waals surface area contributed by atoms with Crippen molar-refractivity contribution in [1.82, 2.24) is 15.2 Å². The number of aromatic nitrogens is 1. The van der Waals surface area contributed by atoms with Crippen molar-refractivity contribution in [1.29, 1.82) is 0 Å². The number of benzene rings is 2.